The first kappa shape index (κ1) is 15.9. The first-order valence-electron chi connectivity index (χ1n) is 7.27. The molecule has 1 aromatic heterocycles. The van der Waals surface area contributed by atoms with E-state index in [1.807, 2.05) is 0 Å². The van der Waals surface area contributed by atoms with Gasteiger partial charge < -0.3 is 15.0 Å². The molecule has 1 N–H and O–H groups in total. The van der Waals surface area contributed by atoms with Gasteiger partial charge in [-0.1, -0.05) is 0 Å². The maximum absolute atomic E-state index is 12.4. The van der Waals surface area contributed by atoms with Crippen LogP contribution >= 0.6 is 0 Å². The van der Waals surface area contributed by atoms with Gasteiger partial charge in [0.25, 0.3) is 5.91 Å². The Morgan fingerprint density at radius 2 is 2.27 bits per heavy atom. The second kappa shape index (κ2) is 7.53. The van der Waals surface area contributed by atoms with Gasteiger partial charge in [0.05, 0.1) is 12.2 Å². The number of likely N-dealkylation sites (tertiary alicyclic amines) is 1. The lowest BCUT2D eigenvalue weighted by molar-refractivity contribution is -0.143. The molecule has 2 heterocycles. The molecule has 1 atom stereocenters. The van der Waals surface area contributed by atoms with Crippen LogP contribution in [0.2, 0.25) is 0 Å². The molecule has 0 aliphatic carbocycles. The number of carbonyl (C=O) groups excluding carboxylic acids is 3. The van der Waals surface area contributed by atoms with Crippen LogP contribution in [0, 0.1) is 0 Å². The fourth-order valence-electron chi connectivity index (χ4n) is 2.43. The average Bonchev–Trinajstić information content (AvgIpc) is 3.02. The van der Waals surface area contributed by atoms with Crippen LogP contribution in [-0.2, 0) is 14.3 Å². The van der Waals surface area contributed by atoms with Gasteiger partial charge in [0, 0.05) is 18.9 Å². The molecule has 0 aromatic carbocycles. The summed E-state index contributed by atoms with van der Waals surface area (Å²) in [5.41, 5.74) is 0.451. The zero-order chi connectivity index (χ0) is 15.9. The number of carbonyl (C=O) groups is 3. The van der Waals surface area contributed by atoms with E-state index in [9.17, 15) is 14.4 Å². The van der Waals surface area contributed by atoms with E-state index in [0.29, 0.717) is 18.5 Å². The van der Waals surface area contributed by atoms with E-state index in [-0.39, 0.29) is 25.0 Å². The van der Waals surface area contributed by atoms with Crippen molar-refractivity contribution in [2.24, 2.45) is 0 Å². The summed E-state index contributed by atoms with van der Waals surface area (Å²) in [5.74, 6) is -1.04. The molecule has 7 nitrogen and oxygen atoms in total. The number of esters is 1. The molecule has 0 radical (unpaired) electrons. The zero-order valence-electron chi connectivity index (χ0n) is 12.4. The van der Waals surface area contributed by atoms with Gasteiger partial charge in [-0.25, -0.2) is 0 Å². The van der Waals surface area contributed by atoms with Crippen LogP contribution in [0.1, 0.15) is 30.1 Å². The summed E-state index contributed by atoms with van der Waals surface area (Å²) in [4.78, 5) is 41.3. The van der Waals surface area contributed by atoms with Crippen molar-refractivity contribution in [2.75, 3.05) is 19.7 Å². The Hall–Kier alpha value is -2.44. The van der Waals surface area contributed by atoms with Gasteiger partial charge in [-0.2, -0.15) is 0 Å². The van der Waals surface area contributed by atoms with Crippen molar-refractivity contribution in [2.45, 2.75) is 25.8 Å². The predicted octanol–water partition coefficient (Wildman–Crippen LogP) is 0.366. The summed E-state index contributed by atoms with van der Waals surface area (Å²) in [5, 5.41) is 2.52. The monoisotopic (exact) mass is 305 g/mol. The van der Waals surface area contributed by atoms with Crippen molar-refractivity contribution in [1.29, 1.82) is 0 Å². The van der Waals surface area contributed by atoms with Crippen molar-refractivity contribution >= 4 is 17.8 Å². The molecule has 2 amide bonds. The lowest BCUT2D eigenvalue weighted by Gasteiger charge is -2.23. The lowest BCUT2D eigenvalue weighted by atomic mass is 10.2. The van der Waals surface area contributed by atoms with E-state index in [1.54, 1.807) is 25.3 Å². The molecule has 0 bridgehead atoms. The van der Waals surface area contributed by atoms with E-state index < -0.39 is 12.0 Å². The second-order valence-electron chi connectivity index (χ2n) is 4.92. The van der Waals surface area contributed by atoms with Crippen molar-refractivity contribution < 1.29 is 19.1 Å². The first-order valence-corrected chi connectivity index (χ1v) is 7.27. The molecule has 1 aliphatic heterocycles. The van der Waals surface area contributed by atoms with Crippen molar-refractivity contribution in [3.05, 3.63) is 30.1 Å². The maximum Gasteiger partial charge on any atom is 0.325 e. The number of hydrogen-bond acceptors (Lipinski definition) is 5. The highest BCUT2D eigenvalue weighted by Gasteiger charge is 2.34. The molecule has 1 aliphatic rings. The van der Waals surface area contributed by atoms with Crippen LogP contribution < -0.4 is 5.32 Å². The van der Waals surface area contributed by atoms with Crippen LogP contribution in [0.25, 0.3) is 0 Å². The molecule has 0 spiro atoms. The van der Waals surface area contributed by atoms with E-state index in [1.165, 1.54) is 11.1 Å². The summed E-state index contributed by atoms with van der Waals surface area (Å²) in [6, 6.07) is 2.79. The van der Waals surface area contributed by atoms with Gasteiger partial charge in [0.2, 0.25) is 5.91 Å². The summed E-state index contributed by atoms with van der Waals surface area (Å²) >= 11 is 0. The number of ether oxygens (including phenoxy) is 1. The SMILES string of the molecule is CCOC(=O)CNC(=O)[C@H]1CCCN1C(=O)c1cccnc1. The molecule has 0 unspecified atom stereocenters. The van der Waals surface area contributed by atoms with Crippen molar-refractivity contribution in [3.63, 3.8) is 0 Å². The standard InChI is InChI=1S/C15H19N3O4/c1-2-22-13(19)10-17-14(20)12-6-4-8-18(12)15(21)11-5-3-7-16-9-11/h3,5,7,9,12H,2,4,6,8,10H2,1H3,(H,17,20)/t12-/m1/s1. The topological polar surface area (TPSA) is 88.6 Å². The van der Waals surface area contributed by atoms with Crippen molar-refractivity contribution in [3.8, 4) is 0 Å². The first-order chi connectivity index (χ1) is 10.6. The highest BCUT2D eigenvalue weighted by molar-refractivity contribution is 5.98. The van der Waals surface area contributed by atoms with Gasteiger partial charge in [0.1, 0.15) is 12.6 Å². The number of amides is 2. The smallest absolute Gasteiger partial charge is 0.325 e. The molecular formula is C15H19N3O4. The van der Waals surface area contributed by atoms with Gasteiger partial charge in [-0.3, -0.25) is 19.4 Å². The number of nitrogens with zero attached hydrogens (tertiary/aromatic N) is 2. The molecule has 2 rings (SSSR count). The van der Waals surface area contributed by atoms with Crippen molar-refractivity contribution in [1.82, 2.24) is 15.2 Å². The Morgan fingerprint density at radius 1 is 1.45 bits per heavy atom. The molecule has 0 saturated carbocycles. The van der Waals surface area contributed by atoms with Gasteiger partial charge in [-0.05, 0) is 31.9 Å². The quantitative estimate of drug-likeness (QED) is 0.794. The molecule has 1 saturated heterocycles. The summed E-state index contributed by atoms with van der Waals surface area (Å²) < 4.78 is 4.76. The molecule has 7 heteroatoms. The molecular weight excluding hydrogens is 286 g/mol. The summed E-state index contributed by atoms with van der Waals surface area (Å²) in [6.45, 7) is 2.30. The predicted molar refractivity (Wildman–Crippen MR) is 77.9 cm³/mol. The minimum absolute atomic E-state index is 0.182. The number of nitrogens with one attached hydrogen (secondary N) is 1. The summed E-state index contributed by atoms with van der Waals surface area (Å²) in [6.07, 6.45) is 4.41. The van der Waals surface area contributed by atoms with Crippen LogP contribution in [-0.4, -0.2) is 53.4 Å². The minimum Gasteiger partial charge on any atom is -0.465 e. The maximum atomic E-state index is 12.4. The molecule has 1 aromatic rings. The molecule has 22 heavy (non-hydrogen) atoms. The minimum atomic E-state index is -0.554. The van der Waals surface area contributed by atoms with Crippen LogP contribution in [0.3, 0.4) is 0 Å². The van der Waals surface area contributed by atoms with Crippen LogP contribution in [0.5, 0.6) is 0 Å². The lowest BCUT2D eigenvalue weighted by Crippen LogP contribution is -2.47. The fourth-order valence-corrected chi connectivity index (χ4v) is 2.43. The Bertz CT molecular complexity index is 547. The normalized spacial score (nSPS) is 17.1. The number of hydrogen-bond donors (Lipinski definition) is 1. The fraction of sp³-hybridized carbons (Fsp3) is 0.467. The third-order valence-corrected chi connectivity index (χ3v) is 3.44. The number of aromatic nitrogens is 1. The second-order valence-corrected chi connectivity index (χ2v) is 4.92. The van der Waals surface area contributed by atoms with E-state index in [0.717, 1.165) is 6.42 Å². The van der Waals surface area contributed by atoms with Crippen LogP contribution in [0.15, 0.2) is 24.5 Å². The number of pyridine rings is 1. The highest BCUT2D eigenvalue weighted by atomic mass is 16.5. The van der Waals surface area contributed by atoms with Crippen LogP contribution in [0.4, 0.5) is 0 Å². The van der Waals surface area contributed by atoms with Gasteiger partial charge in [0.15, 0.2) is 0 Å². The molecule has 1 fully saturated rings. The Balaban J connectivity index is 1.97. The third-order valence-electron chi connectivity index (χ3n) is 3.44. The zero-order valence-corrected chi connectivity index (χ0v) is 12.4. The van der Waals surface area contributed by atoms with Gasteiger partial charge >= 0.3 is 5.97 Å². The van der Waals surface area contributed by atoms with Gasteiger partial charge in [-0.15, -0.1) is 0 Å². The molecule has 118 valence electrons. The highest BCUT2D eigenvalue weighted by Crippen LogP contribution is 2.20. The number of rotatable bonds is 5. The Morgan fingerprint density at radius 3 is 2.95 bits per heavy atom. The average molecular weight is 305 g/mol. The van der Waals surface area contributed by atoms with E-state index >= 15 is 0 Å². The van der Waals surface area contributed by atoms with E-state index in [2.05, 4.69) is 10.3 Å². The third kappa shape index (κ3) is 3.81. The Kier molecular flexibility index (Phi) is 5.46. The summed E-state index contributed by atoms with van der Waals surface area (Å²) in [7, 11) is 0. The Labute approximate surface area is 128 Å². The largest absolute Gasteiger partial charge is 0.465 e. The van der Waals surface area contributed by atoms with E-state index in [4.69, 9.17) is 4.74 Å².